The molecule has 2 heterocycles. The number of benzene rings is 2. The van der Waals surface area contributed by atoms with Gasteiger partial charge in [0, 0.05) is 12.1 Å². The highest BCUT2D eigenvalue weighted by Gasteiger charge is 2.21. The summed E-state index contributed by atoms with van der Waals surface area (Å²) in [6.07, 6.45) is 0. The predicted molar refractivity (Wildman–Crippen MR) is 151 cm³/mol. The van der Waals surface area contributed by atoms with E-state index in [2.05, 4.69) is 19.9 Å². The van der Waals surface area contributed by atoms with Gasteiger partial charge in [-0.25, -0.2) is 9.97 Å². The zero-order valence-corrected chi connectivity index (χ0v) is 24.8. The first-order valence-electron chi connectivity index (χ1n) is 11.0. The summed E-state index contributed by atoms with van der Waals surface area (Å²) in [5.74, 6) is 2.51. The third-order valence-corrected chi connectivity index (χ3v) is 5.89. The molecule has 15 heteroatoms. The number of halogens is 4. The summed E-state index contributed by atoms with van der Waals surface area (Å²) in [6.45, 7) is 4.55. The average molecular weight is 624 g/mol. The van der Waals surface area contributed by atoms with Crippen molar-refractivity contribution in [3.8, 4) is 34.8 Å². The van der Waals surface area contributed by atoms with Crippen molar-refractivity contribution in [2.75, 3.05) is 41.7 Å². The van der Waals surface area contributed by atoms with Crippen LogP contribution in [0.4, 0.5) is 0 Å². The normalized spacial score (nSPS) is 10.3. The van der Waals surface area contributed by atoms with Crippen molar-refractivity contribution < 1.29 is 33.9 Å². The summed E-state index contributed by atoms with van der Waals surface area (Å²) in [4.78, 5) is 16.3. The molecule has 0 unspecified atom stereocenters. The van der Waals surface area contributed by atoms with Crippen molar-refractivity contribution in [2.45, 2.75) is 13.8 Å². The molecule has 4 aromatic rings. The summed E-state index contributed by atoms with van der Waals surface area (Å²) in [5, 5.41) is 1.97. The van der Waals surface area contributed by atoms with E-state index in [0.29, 0.717) is 79.8 Å². The minimum Gasteiger partial charge on any atom is -0.493 e. The second-order valence-electron chi connectivity index (χ2n) is 7.10. The van der Waals surface area contributed by atoms with E-state index in [9.17, 15) is 0 Å². The van der Waals surface area contributed by atoms with Crippen molar-refractivity contribution in [1.29, 1.82) is 0 Å². The fourth-order valence-corrected chi connectivity index (χ4v) is 4.31. The Morgan fingerprint density at radius 3 is 1.23 bits per heavy atom. The van der Waals surface area contributed by atoms with E-state index in [1.165, 1.54) is 28.4 Å². The lowest BCUT2D eigenvalue weighted by Gasteiger charge is -2.14. The van der Waals surface area contributed by atoms with Gasteiger partial charge in [-0.3, -0.25) is 0 Å². The topological polar surface area (TPSA) is 138 Å². The summed E-state index contributed by atoms with van der Waals surface area (Å²) >= 11 is 24.1. The van der Waals surface area contributed by atoms with Gasteiger partial charge >= 0.3 is 0 Å². The molecule has 2 aromatic heterocycles. The van der Waals surface area contributed by atoms with Crippen LogP contribution in [0.15, 0.2) is 12.1 Å². The van der Waals surface area contributed by atoms with Crippen LogP contribution in [0.3, 0.4) is 0 Å². The molecule has 39 heavy (non-hydrogen) atoms. The maximum atomic E-state index is 6.17. The van der Waals surface area contributed by atoms with Crippen LogP contribution in [0.2, 0.25) is 20.6 Å². The van der Waals surface area contributed by atoms with Gasteiger partial charge < -0.3 is 33.9 Å². The molecule has 0 aliphatic heterocycles. The van der Waals surface area contributed by atoms with Crippen molar-refractivity contribution >= 4 is 68.2 Å². The molecule has 11 nitrogen and oxygen atoms in total. The summed E-state index contributed by atoms with van der Waals surface area (Å²) in [6, 6.07) is 3.23. The highest BCUT2D eigenvalue weighted by Crippen LogP contribution is 2.44. The van der Waals surface area contributed by atoms with E-state index in [1.807, 2.05) is 13.8 Å². The Labute approximate surface area is 244 Å². The molecule has 2 aromatic carbocycles. The zero-order chi connectivity index (χ0) is 28.0. The third kappa shape index (κ3) is 6.79. The van der Waals surface area contributed by atoms with Crippen LogP contribution < -0.4 is 28.4 Å². The van der Waals surface area contributed by atoms with Gasteiger partial charge in [0.1, 0.15) is 21.8 Å². The highest BCUT2D eigenvalue weighted by atomic mass is 35.5. The predicted octanol–water partition coefficient (Wildman–Crippen LogP) is 5.88. The van der Waals surface area contributed by atoms with Gasteiger partial charge in [0.2, 0.25) is 22.3 Å². The Morgan fingerprint density at radius 2 is 0.949 bits per heavy atom. The summed E-state index contributed by atoms with van der Waals surface area (Å²) < 4.78 is 32.1. The third-order valence-electron chi connectivity index (χ3n) is 4.98. The molecule has 0 atom stereocenters. The molecule has 0 amide bonds. The first kappa shape index (κ1) is 32.3. The van der Waals surface area contributed by atoms with Crippen LogP contribution in [-0.2, 0) is 0 Å². The number of methoxy groups -OCH3 is 4. The number of hydrogen-bond acceptors (Lipinski definition) is 10. The number of fused-ring (bicyclic) bond motifs is 2. The fourth-order valence-electron chi connectivity index (χ4n) is 3.52. The van der Waals surface area contributed by atoms with Crippen molar-refractivity contribution in [3.63, 3.8) is 0 Å². The Kier molecular flexibility index (Phi) is 11.9. The maximum absolute atomic E-state index is 6.17. The van der Waals surface area contributed by atoms with Gasteiger partial charge in [0.25, 0.3) is 0 Å². The van der Waals surface area contributed by atoms with Crippen LogP contribution in [0.5, 0.6) is 34.8 Å². The van der Waals surface area contributed by atoms with Gasteiger partial charge in [-0.15, -0.1) is 0 Å². The fraction of sp³-hybridized carbons (Fsp3) is 0.333. The number of ether oxygens (including phenoxy) is 6. The molecular weight excluding hydrogens is 598 g/mol. The SMILES string of the molecule is CCOc1nc(Cl)nc2c(Cl)cc(OC)c(OC)c12.CCOc1nc(Cl)nc2c(Cl)cc(OC)c(OC)c12.O. The minimum atomic E-state index is 0. The average Bonchev–Trinajstić information content (AvgIpc) is 2.89. The summed E-state index contributed by atoms with van der Waals surface area (Å²) in [5.41, 5.74) is 0.922. The molecule has 2 N–H and O–H groups in total. The Bertz CT molecular complexity index is 1350. The maximum Gasteiger partial charge on any atom is 0.229 e. The van der Waals surface area contributed by atoms with Crippen LogP contribution in [0.1, 0.15) is 13.8 Å². The lowest BCUT2D eigenvalue weighted by atomic mass is 10.2. The second kappa shape index (κ2) is 14.4. The van der Waals surface area contributed by atoms with E-state index in [4.69, 9.17) is 74.8 Å². The smallest absolute Gasteiger partial charge is 0.229 e. The number of aromatic nitrogens is 4. The lowest BCUT2D eigenvalue weighted by Crippen LogP contribution is -2.01. The van der Waals surface area contributed by atoms with Crippen molar-refractivity contribution in [1.82, 2.24) is 19.9 Å². The molecule has 0 spiro atoms. The van der Waals surface area contributed by atoms with Crippen LogP contribution in [-0.4, -0.2) is 67.1 Å². The molecule has 0 aliphatic rings. The van der Waals surface area contributed by atoms with Gasteiger partial charge in [-0.05, 0) is 37.0 Å². The van der Waals surface area contributed by atoms with Crippen LogP contribution >= 0.6 is 46.4 Å². The first-order chi connectivity index (χ1) is 18.2. The molecule has 0 fully saturated rings. The van der Waals surface area contributed by atoms with Gasteiger partial charge in [0.05, 0.1) is 51.7 Å². The molecule has 0 saturated carbocycles. The molecule has 0 radical (unpaired) electrons. The minimum absolute atomic E-state index is 0. The summed E-state index contributed by atoms with van der Waals surface area (Å²) in [7, 11) is 6.10. The van der Waals surface area contributed by atoms with E-state index in [-0.39, 0.29) is 16.0 Å². The van der Waals surface area contributed by atoms with Gasteiger partial charge in [0.15, 0.2) is 23.0 Å². The van der Waals surface area contributed by atoms with Crippen LogP contribution in [0.25, 0.3) is 21.8 Å². The highest BCUT2D eigenvalue weighted by molar-refractivity contribution is 6.37. The molecule has 212 valence electrons. The zero-order valence-electron chi connectivity index (χ0n) is 21.8. The molecule has 4 rings (SSSR count). The largest absolute Gasteiger partial charge is 0.493 e. The quantitative estimate of drug-likeness (QED) is 0.219. The molecule has 0 aliphatic carbocycles. The molecule has 0 saturated heterocycles. The van der Waals surface area contributed by atoms with Gasteiger partial charge in [-0.2, -0.15) is 9.97 Å². The lowest BCUT2D eigenvalue weighted by molar-refractivity contribution is 0.326. The van der Waals surface area contributed by atoms with Crippen molar-refractivity contribution in [2.24, 2.45) is 0 Å². The number of rotatable bonds is 8. The number of nitrogens with zero attached hydrogens (tertiary/aromatic N) is 4. The van der Waals surface area contributed by atoms with E-state index in [1.54, 1.807) is 12.1 Å². The monoisotopic (exact) mass is 622 g/mol. The van der Waals surface area contributed by atoms with Crippen molar-refractivity contribution in [3.05, 3.63) is 32.7 Å². The number of hydrogen-bond donors (Lipinski definition) is 0. The Balaban J connectivity index is 0.000000267. The standard InChI is InChI=1S/2C12H12Cl2N2O3.H2O/c2*1-4-19-11-8-9(15-12(14)16-11)6(13)5-7(17-2)10(8)18-3;/h2*5H,4H2,1-3H3;1H2. The molecular formula is C24H26Cl4N4O7. The Morgan fingerprint density at radius 1 is 0.590 bits per heavy atom. The van der Waals surface area contributed by atoms with E-state index >= 15 is 0 Å². The first-order valence-corrected chi connectivity index (χ1v) is 12.6. The van der Waals surface area contributed by atoms with Crippen LogP contribution in [0, 0.1) is 0 Å². The van der Waals surface area contributed by atoms with Gasteiger partial charge in [-0.1, -0.05) is 23.2 Å². The Hall–Kier alpha value is -2.96. The van der Waals surface area contributed by atoms with E-state index in [0.717, 1.165) is 0 Å². The molecule has 0 bridgehead atoms. The second-order valence-corrected chi connectivity index (χ2v) is 8.59. The van der Waals surface area contributed by atoms with E-state index < -0.39 is 0 Å².